The average molecular weight is 342 g/mol. The third-order valence-corrected chi connectivity index (χ3v) is 4.87. The van der Waals surface area contributed by atoms with E-state index in [-0.39, 0.29) is 22.5 Å². The monoisotopic (exact) mass is 341 g/mol. The van der Waals surface area contributed by atoms with Gasteiger partial charge in [0.25, 0.3) is 5.91 Å². The molecule has 2 rings (SSSR count). The molecule has 4 nitrogen and oxygen atoms in total. The van der Waals surface area contributed by atoms with Gasteiger partial charge in [0.05, 0.1) is 5.02 Å². The Balaban J connectivity index is 1.88. The van der Waals surface area contributed by atoms with Crippen molar-refractivity contribution in [2.24, 2.45) is 11.8 Å². The summed E-state index contributed by atoms with van der Waals surface area (Å²) in [6, 6.07) is 3.99. The van der Waals surface area contributed by atoms with E-state index < -0.39 is 18.4 Å². The van der Waals surface area contributed by atoms with Crippen molar-refractivity contribution in [2.45, 2.75) is 39.2 Å². The molecule has 0 heterocycles. The molecule has 3 atom stereocenters. The Hall–Kier alpha value is -1.62. The summed E-state index contributed by atoms with van der Waals surface area (Å²) in [5.41, 5.74) is -0.346. The lowest BCUT2D eigenvalue weighted by Gasteiger charge is -2.34. The van der Waals surface area contributed by atoms with E-state index in [0.29, 0.717) is 11.8 Å². The summed E-state index contributed by atoms with van der Waals surface area (Å²) in [6.07, 6.45) is 3.15. The normalized spacial score (nSPS) is 24.1. The van der Waals surface area contributed by atoms with Crippen LogP contribution >= 0.6 is 11.6 Å². The Kier molecular flexibility index (Phi) is 5.99. The van der Waals surface area contributed by atoms with Crippen molar-refractivity contribution in [1.82, 2.24) is 5.32 Å². The summed E-state index contributed by atoms with van der Waals surface area (Å²) in [6.45, 7) is 3.84. The predicted molar refractivity (Wildman–Crippen MR) is 85.8 cm³/mol. The summed E-state index contributed by atoms with van der Waals surface area (Å²) >= 11 is 5.79. The van der Waals surface area contributed by atoms with Crippen LogP contribution in [0.4, 0.5) is 4.39 Å². The van der Waals surface area contributed by atoms with Crippen LogP contribution in [-0.2, 0) is 9.53 Å². The number of amides is 1. The zero-order valence-corrected chi connectivity index (χ0v) is 14.0. The smallest absolute Gasteiger partial charge is 0.343 e. The maximum Gasteiger partial charge on any atom is 0.343 e. The van der Waals surface area contributed by atoms with Gasteiger partial charge in [-0.2, -0.15) is 0 Å². The molecule has 0 radical (unpaired) electrons. The van der Waals surface area contributed by atoms with Crippen LogP contribution in [-0.4, -0.2) is 24.5 Å². The molecule has 1 N–H and O–H groups in total. The van der Waals surface area contributed by atoms with Crippen LogP contribution in [0.2, 0.25) is 5.02 Å². The van der Waals surface area contributed by atoms with Crippen molar-refractivity contribution in [3.05, 3.63) is 34.6 Å². The quantitative estimate of drug-likeness (QED) is 0.852. The molecule has 0 saturated heterocycles. The fraction of sp³-hybridized carbons (Fsp3) is 0.529. The third kappa shape index (κ3) is 4.44. The molecule has 1 aromatic rings. The topological polar surface area (TPSA) is 55.4 Å². The highest BCUT2D eigenvalue weighted by Crippen LogP contribution is 2.29. The first-order valence-electron chi connectivity index (χ1n) is 7.80. The van der Waals surface area contributed by atoms with Gasteiger partial charge in [-0.3, -0.25) is 4.79 Å². The Morgan fingerprint density at radius 2 is 2.09 bits per heavy atom. The molecule has 0 bridgehead atoms. The Labute approximate surface area is 140 Å². The van der Waals surface area contributed by atoms with Crippen LogP contribution in [0.3, 0.4) is 0 Å². The van der Waals surface area contributed by atoms with Crippen LogP contribution in [0.1, 0.15) is 43.5 Å². The second-order valence-corrected chi connectivity index (χ2v) is 6.52. The number of halogens is 2. The minimum atomic E-state index is -0.937. The van der Waals surface area contributed by atoms with Crippen molar-refractivity contribution in [2.75, 3.05) is 6.61 Å². The summed E-state index contributed by atoms with van der Waals surface area (Å²) in [4.78, 5) is 23.8. The summed E-state index contributed by atoms with van der Waals surface area (Å²) in [7, 11) is 0. The molecule has 0 unspecified atom stereocenters. The Morgan fingerprint density at radius 1 is 1.35 bits per heavy atom. The molecule has 1 fully saturated rings. The second kappa shape index (κ2) is 7.77. The first-order chi connectivity index (χ1) is 10.9. The molecule has 1 aliphatic rings. The predicted octanol–water partition coefficient (Wildman–Crippen LogP) is 3.58. The first-order valence-corrected chi connectivity index (χ1v) is 8.18. The lowest BCUT2D eigenvalue weighted by Crippen LogP contribution is -2.45. The molecule has 6 heteroatoms. The van der Waals surface area contributed by atoms with Crippen molar-refractivity contribution >= 4 is 23.5 Å². The fourth-order valence-electron chi connectivity index (χ4n) is 2.93. The zero-order chi connectivity index (χ0) is 17.0. The molecule has 126 valence electrons. The van der Waals surface area contributed by atoms with E-state index in [1.54, 1.807) is 0 Å². The zero-order valence-electron chi connectivity index (χ0n) is 13.3. The molecule has 1 aliphatic carbocycles. The summed E-state index contributed by atoms with van der Waals surface area (Å²) in [5, 5.41) is 2.86. The molecule has 1 amide bonds. The van der Waals surface area contributed by atoms with E-state index in [9.17, 15) is 14.0 Å². The number of hydrogen-bond donors (Lipinski definition) is 1. The summed E-state index contributed by atoms with van der Waals surface area (Å²) < 4.78 is 18.5. The first kappa shape index (κ1) is 17.7. The minimum absolute atomic E-state index is 0.0369. The van der Waals surface area contributed by atoms with Gasteiger partial charge in [0, 0.05) is 6.04 Å². The van der Waals surface area contributed by atoms with E-state index in [4.69, 9.17) is 16.3 Å². The molecular weight excluding hydrogens is 321 g/mol. The van der Waals surface area contributed by atoms with Crippen molar-refractivity contribution in [1.29, 1.82) is 0 Å². The number of carbonyl (C=O) groups is 2. The minimum Gasteiger partial charge on any atom is -0.452 e. The molecule has 0 aromatic heterocycles. The summed E-state index contributed by atoms with van der Waals surface area (Å²) in [5.74, 6) is -1.15. The highest BCUT2D eigenvalue weighted by Gasteiger charge is 2.28. The lowest BCUT2D eigenvalue weighted by molar-refractivity contribution is -0.125. The lowest BCUT2D eigenvalue weighted by atomic mass is 9.78. The van der Waals surface area contributed by atoms with Gasteiger partial charge in [0.2, 0.25) is 0 Å². The van der Waals surface area contributed by atoms with Crippen LogP contribution in [0.5, 0.6) is 0 Å². The van der Waals surface area contributed by atoms with Gasteiger partial charge in [-0.05, 0) is 30.4 Å². The standard InChI is InChI=1S/C17H21ClFNO3/c1-10-5-3-8-14(11(10)2)20-15(21)9-23-17(22)16-12(18)6-4-7-13(16)19/h4,6-7,10-11,14H,3,5,8-9H2,1-2H3,(H,20,21)/t10-,11+,14-/m0/s1. The van der Waals surface area contributed by atoms with Gasteiger partial charge in [-0.1, -0.05) is 44.4 Å². The van der Waals surface area contributed by atoms with Gasteiger partial charge in [0.1, 0.15) is 11.4 Å². The van der Waals surface area contributed by atoms with Gasteiger partial charge >= 0.3 is 5.97 Å². The highest BCUT2D eigenvalue weighted by atomic mass is 35.5. The molecule has 1 saturated carbocycles. The largest absolute Gasteiger partial charge is 0.452 e. The molecule has 1 aromatic carbocycles. The number of hydrogen-bond acceptors (Lipinski definition) is 3. The number of rotatable bonds is 4. The van der Waals surface area contributed by atoms with E-state index in [1.807, 2.05) is 0 Å². The van der Waals surface area contributed by atoms with E-state index in [0.717, 1.165) is 25.3 Å². The number of carbonyl (C=O) groups excluding carboxylic acids is 2. The maximum atomic E-state index is 13.6. The SMILES string of the molecule is C[C@H]1[C@@H](NC(=O)COC(=O)c2c(F)cccc2Cl)CCC[C@@H]1C. The van der Waals surface area contributed by atoms with Gasteiger partial charge in [0.15, 0.2) is 6.61 Å². The third-order valence-electron chi connectivity index (χ3n) is 4.55. The Bertz CT molecular complexity index is 573. The second-order valence-electron chi connectivity index (χ2n) is 6.11. The van der Waals surface area contributed by atoms with E-state index >= 15 is 0 Å². The van der Waals surface area contributed by atoms with Crippen molar-refractivity contribution < 1.29 is 18.7 Å². The average Bonchev–Trinajstić information content (AvgIpc) is 2.49. The van der Waals surface area contributed by atoms with E-state index in [1.165, 1.54) is 12.1 Å². The number of benzene rings is 1. The van der Waals surface area contributed by atoms with Gasteiger partial charge in [-0.15, -0.1) is 0 Å². The van der Waals surface area contributed by atoms with Crippen molar-refractivity contribution in [3.8, 4) is 0 Å². The molecular formula is C17H21ClFNO3. The Morgan fingerprint density at radius 3 is 2.78 bits per heavy atom. The van der Waals surface area contributed by atoms with Crippen LogP contribution in [0, 0.1) is 17.7 Å². The molecule has 0 spiro atoms. The highest BCUT2D eigenvalue weighted by molar-refractivity contribution is 6.33. The fourth-order valence-corrected chi connectivity index (χ4v) is 3.17. The van der Waals surface area contributed by atoms with Crippen LogP contribution in [0.15, 0.2) is 18.2 Å². The van der Waals surface area contributed by atoms with Crippen molar-refractivity contribution in [3.63, 3.8) is 0 Å². The van der Waals surface area contributed by atoms with Crippen LogP contribution < -0.4 is 5.32 Å². The number of nitrogens with one attached hydrogen (secondary N) is 1. The molecule has 23 heavy (non-hydrogen) atoms. The maximum absolute atomic E-state index is 13.6. The van der Waals surface area contributed by atoms with Crippen LogP contribution in [0.25, 0.3) is 0 Å². The number of esters is 1. The van der Waals surface area contributed by atoms with Gasteiger partial charge < -0.3 is 10.1 Å². The molecule has 0 aliphatic heterocycles. The number of ether oxygens (including phenoxy) is 1. The van der Waals surface area contributed by atoms with Gasteiger partial charge in [-0.25, -0.2) is 9.18 Å². The van der Waals surface area contributed by atoms with E-state index in [2.05, 4.69) is 19.2 Å².